The van der Waals surface area contributed by atoms with Crippen LogP contribution < -0.4 is 0 Å². The molecule has 2 heteroatoms. The number of hydrogen-bond donors (Lipinski definition) is 0. The van der Waals surface area contributed by atoms with Crippen molar-refractivity contribution in [3.63, 3.8) is 0 Å². The molecule has 0 aromatic heterocycles. The lowest BCUT2D eigenvalue weighted by Gasteiger charge is -2.13. The molecule has 0 aromatic rings. The zero-order chi connectivity index (χ0) is 8.43. The van der Waals surface area contributed by atoms with Crippen molar-refractivity contribution in [1.82, 2.24) is 0 Å². The molecular formula is C9H18O2. The first-order chi connectivity index (χ1) is 5.15. The molecule has 3 atom stereocenters. The molecule has 1 aliphatic rings. The third-order valence-electron chi connectivity index (χ3n) is 2.13. The molecule has 0 saturated carbocycles. The van der Waals surface area contributed by atoms with Crippen LogP contribution in [0.15, 0.2) is 0 Å². The maximum absolute atomic E-state index is 5.66. The third-order valence-corrected chi connectivity index (χ3v) is 2.13. The van der Waals surface area contributed by atoms with E-state index in [9.17, 15) is 0 Å². The van der Waals surface area contributed by atoms with Gasteiger partial charge in [0.1, 0.15) is 0 Å². The second-order valence-corrected chi connectivity index (χ2v) is 3.54. The van der Waals surface area contributed by atoms with E-state index in [1.807, 2.05) is 0 Å². The molecule has 0 aliphatic carbocycles. The minimum atomic E-state index is 0.0231. The minimum Gasteiger partial charge on any atom is -0.347 e. The lowest BCUT2D eigenvalue weighted by molar-refractivity contribution is -0.0938. The summed E-state index contributed by atoms with van der Waals surface area (Å²) in [6.45, 7) is 8.45. The zero-order valence-electron chi connectivity index (χ0n) is 7.83. The molecule has 1 unspecified atom stereocenters. The highest BCUT2D eigenvalue weighted by Crippen LogP contribution is 2.25. The second kappa shape index (κ2) is 3.55. The number of rotatable bonds is 2. The Morgan fingerprint density at radius 2 is 1.91 bits per heavy atom. The van der Waals surface area contributed by atoms with E-state index in [0.29, 0.717) is 12.0 Å². The van der Waals surface area contributed by atoms with Gasteiger partial charge in [-0.2, -0.15) is 0 Å². The first-order valence-electron chi connectivity index (χ1n) is 4.46. The predicted molar refractivity (Wildman–Crippen MR) is 44.3 cm³/mol. The van der Waals surface area contributed by atoms with Crippen molar-refractivity contribution < 1.29 is 9.47 Å². The topological polar surface area (TPSA) is 18.5 Å². The van der Waals surface area contributed by atoms with E-state index in [4.69, 9.17) is 9.47 Å². The smallest absolute Gasteiger partial charge is 0.160 e. The normalized spacial score (nSPS) is 38.5. The van der Waals surface area contributed by atoms with Gasteiger partial charge in [0.25, 0.3) is 0 Å². The van der Waals surface area contributed by atoms with E-state index in [1.54, 1.807) is 0 Å². The van der Waals surface area contributed by atoms with Crippen LogP contribution in [0.25, 0.3) is 0 Å². The molecule has 0 spiro atoms. The lowest BCUT2D eigenvalue weighted by atomic mass is 10.2. The van der Waals surface area contributed by atoms with Crippen LogP contribution in [-0.4, -0.2) is 18.5 Å². The van der Waals surface area contributed by atoms with Crippen molar-refractivity contribution in [3.8, 4) is 0 Å². The Labute approximate surface area is 68.9 Å². The van der Waals surface area contributed by atoms with Crippen LogP contribution in [0.1, 0.15) is 34.1 Å². The summed E-state index contributed by atoms with van der Waals surface area (Å²) >= 11 is 0. The van der Waals surface area contributed by atoms with Gasteiger partial charge in [0.05, 0.1) is 12.2 Å². The highest BCUT2D eigenvalue weighted by molar-refractivity contribution is 4.73. The van der Waals surface area contributed by atoms with Crippen LogP contribution in [0.2, 0.25) is 0 Å². The summed E-state index contributed by atoms with van der Waals surface area (Å²) in [4.78, 5) is 0. The van der Waals surface area contributed by atoms with Gasteiger partial charge in [-0.1, -0.05) is 20.8 Å². The molecule has 11 heavy (non-hydrogen) atoms. The average molecular weight is 158 g/mol. The maximum Gasteiger partial charge on any atom is 0.160 e. The van der Waals surface area contributed by atoms with E-state index < -0.39 is 0 Å². The monoisotopic (exact) mass is 158 g/mol. The summed E-state index contributed by atoms with van der Waals surface area (Å²) in [6, 6.07) is 0. The van der Waals surface area contributed by atoms with Crippen molar-refractivity contribution in [2.24, 2.45) is 5.92 Å². The Balaban J connectivity index is 2.43. The molecule has 0 aromatic carbocycles. The van der Waals surface area contributed by atoms with Gasteiger partial charge in [-0.25, -0.2) is 0 Å². The second-order valence-electron chi connectivity index (χ2n) is 3.54. The molecule has 1 saturated heterocycles. The average Bonchev–Trinajstić information content (AvgIpc) is 2.31. The third kappa shape index (κ3) is 1.94. The molecule has 0 bridgehead atoms. The predicted octanol–water partition coefficient (Wildman–Crippen LogP) is 2.18. The highest BCUT2D eigenvalue weighted by Gasteiger charge is 2.32. The van der Waals surface area contributed by atoms with Gasteiger partial charge in [-0.3, -0.25) is 0 Å². The maximum atomic E-state index is 5.66. The molecule has 0 radical (unpaired) electrons. The fraction of sp³-hybridized carbons (Fsp3) is 1.00. The quantitative estimate of drug-likeness (QED) is 0.613. The highest BCUT2D eigenvalue weighted by atomic mass is 16.7. The Bertz CT molecular complexity index is 123. The molecule has 1 aliphatic heterocycles. The van der Waals surface area contributed by atoms with E-state index in [1.165, 1.54) is 0 Å². The van der Waals surface area contributed by atoms with Gasteiger partial charge in [0.15, 0.2) is 6.29 Å². The van der Waals surface area contributed by atoms with Crippen molar-refractivity contribution in [1.29, 1.82) is 0 Å². The van der Waals surface area contributed by atoms with Crippen LogP contribution in [0.5, 0.6) is 0 Å². The molecule has 0 amide bonds. The van der Waals surface area contributed by atoms with Crippen molar-refractivity contribution in [3.05, 3.63) is 0 Å². The van der Waals surface area contributed by atoms with Crippen molar-refractivity contribution >= 4 is 0 Å². The molecular weight excluding hydrogens is 140 g/mol. The van der Waals surface area contributed by atoms with E-state index >= 15 is 0 Å². The van der Waals surface area contributed by atoms with Crippen LogP contribution in [-0.2, 0) is 9.47 Å². The van der Waals surface area contributed by atoms with Gasteiger partial charge in [0.2, 0.25) is 0 Å². The fourth-order valence-corrected chi connectivity index (χ4v) is 1.36. The standard InChI is InChI=1S/C9H18O2/c1-5-8-7(4)10-9(11-8)6(2)3/h6-9H,5H2,1-4H3/t7-,8?,9-/m1/s1. The summed E-state index contributed by atoms with van der Waals surface area (Å²) < 4.78 is 11.3. The zero-order valence-corrected chi connectivity index (χ0v) is 7.83. The van der Waals surface area contributed by atoms with Gasteiger partial charge < -0.3 is 9.47 Å². The Morgan fingerprint density at radius 3 is 2.18 bits per heavy atom. The summed E-state index contributed by atoms with van der Waals surface area (Å²) in [7, 11) is 0. The van der Waals surface area contributed by atoms with Crippen LogP contribution >= 0.6 is 0 Å². The fourth-order valence-electron chi connectivity index (χ4n) is 1.36. The molecule has 2 nitrogen and oxygen atoms in total. The largest absolute Gasteiger partial charge is 0.347 e. The molecule has 1 rings (SSSR count). The van der Waals surface area contributed by atoms with Gasteiger partial charge in [-0.15, -0.1) is 0 Å². The van der Waals surface area contributed by atoms with Crippen molar-refractivity contribution in [2.45, 2.75) is 52.6 Å². The Hall–Kier alpha value is -0.0800. The summed E-state index contributed by atoms with van der Waals surface area (Å²) in [6.07, 6.45) is 1.65. The summed E-state index contributed by atoms with van der Waals surface area (Å²) in [5.41, 5.74) is 0. The van der Waals surface area contributed by atoms with E-state index in [2.05, 4.69) is 27.7 Å². The molecule has 1 fully saturated rings. The van der Waals surface area contributed by atoms with Gasteiger partial charge in [-0.05, 0) is 13.3 Å². The van der Waals surface area contributed by atoms with Crippen LogP contribution in [0, 0.1) is 5.92 Å². The van der Waals surface area contributed by atoms with Gasteiger partial charge >= 0.3 is 0 Å². The van der Waals surface area contributed by atoms with Gasteiger partial charge in [0, 0.05) is 5.92 Å². The Kier molecular flexibility index (Phi) is 2.90. The van der Waals surface area contributed by atoms with Crippen LogP contribution in [0.3, 0.4) is 0 Å². The SMILES string of the molecule is CCC1O[C@H](C(C)C)O[C@@H]1C. The molecule has 1 heterocycles. The first-order valence-corrected chi connectivity index (χ1v) is 4.46. The molecule has 0 N–H and O–H groups in total. The van der Waals surface area contributed by atoms with E-state index in [0.717, 1.165) is 6.42 Å². The Morgan fingerprint density at radius 1 is 1.27 bits per heavy atom. The van der Waals surface area contributed by atoms with E-state index in [-0.39, 0.29) is 12.4 Å². The summed E-state index contributed by atoms with van der Waals surface area (Å²) in [5.74, 6) is 0.467. The number of hydrogen-bond acceptors (Lipinski definition) is 2. The lowest BCUT2D eigenvalue weighted by Crippen LogP contribution is -2.17. The minimum absolute atomic E-state index is 0.0231. The van der Waals surface area contributed by atoms with Crippen LogP contribution in [0.4, 0.5) is 0 Å². The first kappa shape index (κ1) is 9.01. The molecule has 66 valence electrons. The van der Waals surface area contributed by atoms with Crippen molar-refractivity contribution in [2.75, 3.05) is 0 Å². The summed E-state index contributed by atoms with van der Waals surface area (Å²) in [5, 5.41) is 0. The number of ether oxygens (including phenoxy) is 2.